The SMILES string of the molecule is O=C(Nc1ccccc1Cl)c1cccc(NC2CC2)n1. The Balaban J connectivity index is 1.74. The minimum absolute atomic E-state index is 0.266. The molecular formula is C15H14ClN3O. The summed E-state index contributed by atoms with van der Waals surface area (Å²) in [6, 6.07) is 13.0. The first-order chi connectivity index (χ1) is 9.72. The third-order valence-corrected chi connectivity index (χ3v) is 3.36. The first-order valence-electron chi connectivity index (χ1n) is 6.52. The lowest BCUT2D eigenvalue weighted by Gasteiger charge is -2.08. The molecule has 5 heteroatoms. The fourth-order valence-corrected chi connectivity index (χ4v) is 2.01. The number of amides is 1. The minimum atomic E-state index is -0.266. The van der Waals surface area contributed by atoms with Crippen LogP contribution in [0.5, 0.6) is 0 Å². The quantitative estimate of drug-likeness (QED) is 0.904. The van der Waals surface area contributed by atoms with Gasteiger partial charge in [-0.2, -0.15) is 0 Å². The number of halogens is 1. The van der Waals surface area contributed by atoms with Gasteiger partial charge in [0.2, 0.25) is 0 Å². The van der Waals surface area contributed by atoms with E-state index in [0.717, 1.165) is 18.7 Å². The zero-order valence-corrected chi connectivity index (χ0v) is 11.5. The van der Waals surface area contributed by atoms with E-state index in [0.29, 0.717) is 22.4 Å². The number of benzene rings is 1. The van der Waals surface area contributed by atoms with Crippen molar-refractivity contribution in [3.63, 3.8) is 0 Å². The molecular weight excluding hydrogens is 274 g/mol. The molecule has 1 aliphatic rings. The first-order valence-corrected chi connectivity index (χ1v) is 6.89. The molecule has 0 atom stereocenters. The topological polar surface area (TPSA) is 54.0 Å². The highest BCUT2D eigenvalue weighted by molar-refractivity contribution is 6.33. The zero-order chi connectivity index (χ0) is 13.9. The molecule has 20 heavy (non-hydrogen) atoms. The van der Waals surface area contributed by atoms with E-state index in [4.69, 9.17) is 11.6 Å². The molecule has 0 radical (unpaired) electrons. The second kappa shape index (κ2) is 5.51. The van der Waals surface area contributed by atoms with E-state index < -0.39 is 0 Å². The van der Waals surface area contributed by atoms with Crippen molar-refractivity contribution in [1.29, 1.82) is 0 Å². The number of hydrogen-bond acceptors (Lipinski definition) is 3. The van der Waals surface area contributed by atoms with E-state index in [1.165, 1.54) is 0 Å². The maximum Gasteiger partial charge on any atom is 0.274 e. The molecule has 1 aromatic heterocycles. The predicted molar refractivity (Wildman–Crippen MR) is 80.3 cm³/mol. The maximum absolute atomic E-state index is 12.2. The molecule has 4 nitrogen and oxygen atoms in total. The molecule has 102 valence electrons. The monoisotopic (exact) mass is 287 g/mol. The number of carbonyl (C=O) groups excluding carboxylic acids is 1. The van der Waals surface area contributed by atoms with Crippen LogP contribution in [0.15, 0.2) is 42.5 Å². The summed E-state index contributed by atoms with van der Waals surface area (Å²) in [7, 11) is 0. The molecule has 1 fully saturated rings. The lowest BCUT2D eigenvalue weighted by molar-refractivity contribution is 0.102. The smallest absolute Gasteiger partial charge is 0.274 e. The highest BCUT2D eigenvalue weighted by Gasteiger charge is 2.21. The standard InChI is InChI=1S/C15H14ClN3O/c16-11-4-1-2-5-12(11)19-15(20)13-6-3-7-14(18-13)17-10-8-9-10/h1-7,10H,8-9H2,(H,17,18)(H,19,20). The maximum atomic E-state index is 12.2. The molecule has 0 spiro atoms. The van der Waals surface area contributed by atoms with Gasteiger partial charge in [-0.3, -0.25) is 4.79 Å². The van der Waals surface area contributed by atoms with Gasteiger partial charge in [0.25, 0.3) is 5.91 Å². The Morgan fingerprint density at radius 1 is 1.15 bits per heavy atom. The van der Waals surface area contributed by atoms with Crippen molar-refractivity contribution in [2.24, 2.45) is 0 Å². The molecule has 2 N–H and O–H groups in total. The van der Waals surface area contributed by atoms with Gasteiger partial charge in [0, 0.05) is 6.04 Å². The summed E-state index contributed by atoms with van der Waals surface area (Å²) in [5.41, 5.74) is 0.956. The molecule has 0 aliphatic heterocycles. The fraction of sp³-hybridized carbons (Fsp3) is 0.200. The number of carbonyl (C=O) groups is 1. The van der Waals surface area contributed by atoms with Crippen LogP contribution in [0.2, 0.25) is 5.02 Å². The van der Waals surface area contributed by atoms with Crippen LogP contribution in [0, 0.1) is 0 Å². The normalized spacial score (nSPS) is 13.8. The van der Waals surface area contributed by atoms with Crippen LogP contribution in [0.25, 0.3) is 0 Å². The van der Waals surface area contributed by atoms with Crippen LogP contribution in [0.1, 0.15) is 23.3 Å². The Morgan fingerprint density at radius 3 is 2.70 bits per heavy atom. The van der Waals surface area contributed by atoms with Crippen molar-refractivity contribution < 1.29 is 4.79 Å². The molecule has 1 aromatic carbocycles. The van der Waals surface area contributed by atoms with E-state index in [9.17, 15) is 4.79 Å². The zero-order valence-electron chi connectivity index (χ0n) is 10.8. The molecule has 0 bridgehead atoms. The Kier molecular flexibility index (Phi) is 3.56. The van der Waals surface area contributed by atoms with Gasteiger partial charge in [0.05, 0.1) is 10.7 Å². The van der Waals surface area contributed by atoms with Gasteiger partial charge in [-0.15, -0.1) is 0 Å². The molecule has 3 rings (SSSR count). The van der Waals surface area contributed by atoms with Gasteiger partial charge in [0.15, 0.2) is 0 Å². The van der Waals surface area contributed by atoms with Crippen LogP contribution in [0.4, 0.5) is 11.5 Å². The van der Waals surface area contributed by atoms with Gasteiger partial charge in [-0.1, -0.05) is 29.8 Å². The highest BCUT2D eigenvalue weighted by Crippen LogP contribution is 2.24. The van der Waals surface area contributed by atoms with Gasteiger partial charge in [-0.05, 0) is 37.1 Å². The van der Waals surface area contributed by atoms with Crippen LogP contribution < -0.4 is 10.6 Å². The number of anilines is 2. The second-order valence-electron chi connectivity index (χ2n) is 4.76. The summed E-state index contributed by atoms with van der Waals surface area (Å²) in [6.45, 7) is 0. The lowest BCUT2D eigenvalue weighted by atomic mass is 10.3. The number of rotatable bonds is 4. The Hall–Kier alpha value is -2.07. The molecule has 0 unspecified atom stereocenters. The predicted octanol–water partition coefficient (Wildman–Crippen LogP) is 3.56. The molecule has 1 saturated carbocycles. The van der Waals surface area contributed by atoms with E-state index >= 15 is 0 Å². The van der Waals surface area contributed by atoms with Crippen molar-refractivity contribution in [2.75, 3.05) is 10.6 Å². The van der Waals surface area contributed by atoms with Gasteiger partial charge >= 0.3 is 0 Å². The number of para-hydroxylation sites is 1. The summed E-state index contributed by atoms with van der Waals surface area (Å²) in [4.78, 5) is 16.5. The second-order valence-corrected chi connectivity index (χ2v) is 5.17. The van der Waals surface area contributed by atoms with E-state index in [1.54, 1.807) is 18.2 Å². The Morgan fingerprint density at radius 2 is 1.95 bits per heavy atom. The van der Waals surface area contributed by atoms with Crippen LogP contribution in [-0.2, 0) is 0 Å². The number of nitrogens with zero attached hydrogens (tertiary/aromatic N) is 1. The third-order valence-electron chi connectivity index (χ3n) is 3.03. The highest BCUT2D eigenvalue weighted by atomic mass is 35.5. The number of aromatic nitrogens is 1. The molecule has 1 amide bonds. The summed E-state index contributed by atoms with van der Waals surface area (Å²) in [5, 5.41) is 6.54. The van der Waals surface area contributed by atoms with Crippen molar-refractivity contribution in [1.82, 2.24) is 4.98 Å². The lowest BCUT2D eigenvalue weighted by Crippen LogP contribution is -2.15. The molecule has 1 aliphatic carbocycles. The fourth-order valence-electron chi connectivity index (χ4n) is 1.83. The average Bonchev–Trinajstić information content (AvgIpc) is 3.25. The van der Waals surface area contributed by atoms with Crippen molar-refractivity contribution in [3.8, 4) is 0 Å². The summed E-state index contributed by atoms with van der Waals surface area (Å²) >= 11 is 6.02. The van der Waals surface area contributed by atoms with E-state index in [1.807, 2.05) is 24.3 Å². The van der Waals surface area contributed by atoms with E-state index in [2.05, 4.69) is 15.6 Å². The third kappa shape index (κ3) is 3.08. The molecule has 0 saturated heterocycles. The first kappa shape index (κ1) is 12.9. The number of nitrogens with one attached hydrogen (secondary N) is 2. The van der Waals surface area contributed by atoms with Crippen molar-refractivity contribution in [2.45, 2.75) is 18.9 Å². The van der Waals surface area contributed by atoms with Crippen molar-refractivity contribution in [3.05, 3.63) is 53.2 Å². The largest absolute Gasteiger partial charge is 0.367 e. The summed E-state index contributed by atoms with van der Waals surface area (Å²) in [5.74, 6) is 0.469. The van der Waals surface area contributed by atoms with Gasteiger partial charge in [0.1, 0.15) is 11.5 Å². The average molecular weight is 288 g/mol. The molecule has 1 heterocycles. The Bertz CT molecular complexity index is 641. The van der Waals surface area contributed by atoms with Crippen LogP contribution >= 0.6 is 11.6 Å². The number of hydrogen-bond donors (Lipinski definition) is 2. The number of pyridine rings is 1. The Labute approximate surface area is 122 Å². The van der Waals surface area contributed by atoms with E-state index in [-0.39, 0.29) is 5.91 Å². The van der Waals surface area contributed by atoms with Crippen LogP contribution in [0.3, 0.4) is 0 Å². The summed E-state index contributed by atoms with van der Waals surface area (Å²) in [6.07, 6.45) is 2.33. The van der Waals surface area contributed by atoms with Gasteiger partial charge in [-0.25, -0.2) is 4.98 Å². The molecule has 2 aromatic rings. The summed E-state index contributed by atoms with van der Waals surface area (Å²) < 4.78 is 0. The van der Waals surface area contributed by atoms with Crippen LogP contribution in [-0.4, -0.2) is 16.9 Å². The van der Waals surface area contributed by atoms with Crippen molar-refractivity contribution >= 4 is 29.0 Å². The minimum Gasteiger partial charge on any atom is -0.367 e. The van der Waals surface area contributed by atoms with Gasteiger partial charge < -0.3 is 10.6 Å².